The van der Waals surface area contributed by atoms with Crippen molar-refractivity contribution in [3.63, 3.8) is 0 Å². The fraction of sp³-hybridized carbons (Fsp3) is 0.857. The molecule has 92 valence electrons. The Morgan fingerprint density at radius 1 is 1.00 bits per heavy atom. The van der Waals surface area contributed by atoms with Crippen LogP contribution in [0.2, 0.25) is 0 Å². The molecule has 17 heavy (non-hydrogen) atoms. The summed E-state index contributed by atoms with van der Waals surface area (Å²) in [6, 6.07) is 5.84. The molecule has 2 rings (SSSR count). The molecule has 0 radical (unpaired) electrons. The van der Waals surface area contributed by atoms with Gasteiger partial charge in [0.1, 0.15) is 0 Å². The van der Waals surface area contributed by atoms with E-state index in [0.29, 0.717) is 18.5 Å². The molecule has 0 heterocycles. The molecule has 0 aromatic carbocycles. The van der Waals surface area contributed by atoms with Gasteiger partial charge in [-0.2, -0.15) is 10.5 Å². The molecule has 2 aliphatic rings. The summed E-state index contributed by atoms with van der Waals surface area (Å²) < 4.78 is 0. The maximum atomic E-state index is 9.32. The Hall–Kier alpha value is -1.06. The van der Waals surface area contributed by atoms with Crippen LogP contribution in [0.25, 0.3) is 0 Å². The fourth-order valence-electron chi connectivity index (χ4n) is 3.04. The fourth-order valence-corrected chi connectivity index (χ4v) is 3.04. The summed E-state index contributed by atoms with van der Waals surface area (Å²) in [5.41, 5.74) is 0. The third kappa shape index (κ3) is 3.20. The third-order valence-electron chi connectivity index (χ3n) is 4.07. The van der Waals surface area contributed by atoms with Crippen LogP contribution in [0.15, 0.2) is 0 Å². The molecule has 0 N–H and O–H groups in total. The quantitative estimate of drug-likeness (QED) is 0.699. The van der Waals surface area contributed by atoms with Crippen molar-refractivity contribution in [2.75, 3.05) is 6.54 Å². The first-order valence-corrected chi connectivity index (χ1v) is 6.89. The van der Waals surface area contributed by atoms with E-state index in [1.165, 1.54) is 32.1 Å². The Morgan fingerprint density at radius 3 is 2.41 bits per heavy atom. The Bertz CT molecular complexity index is 321. The van der Waals surface area contributed by atoms with Crippen molar-refractivity contribution >= 4 is 0 Å². The molecule has 3 nitrogen and oxygen atoms in total. The van der Waals surface area contributed by atoms with Crippen molar-refractivity contribution in [3.8, 4) is 12.1 Å². The SMILES string of the molecule is N#CCCN(C1CC1)C1CCCCCC1C#N. The Morgan fingerprint density at radius 2 is 1.76 bits per heavy atom. The van der Waals surface area contributed by atoms with Gasteiger partial charge in [0.25, 0.3) is 0 Å². The average Bonchev–Trinajstić information content (AvgIpc) is 3.16. The first-order valence-electron chi connectivity index (χ1n) is 6.89. The summed E-state index contributed by atoms with van der Waals surface area (Å²) in [7, 11) is 0. The van der Waals surface area contributed by atoms with Gasteiger partial charge >= 0.3 is 0 Å². The predicted molar refractivity (Wildman–Crippen MR) is 65.9 cm³/mol. The highest BCUT2D eigenvalue weighted by Crippen LogP contribution is 2.35. The van der Waals surface area contributed by atoms with E-state index >= 15 is 0 Å². The van der Waals surface area contributed by atoms with E-state index in [4.69, 9.17) is 5.26 Å². The molecule has 0 saturated heterocycles. The number of nitriles is 2. The highest BCUT2D eigenvalue weighted by Gasteiger charge is 2.37. The standard InChI is InChI=1S/C14H21N3/c15-9-4-10-17(13-7-8-13)14-6-3-1-2-5-12(14)11-16/h12-14H,1-8,10H2. The number of hydrogen-bond donors (Lipinski definition) is 0. The van der Waals surface area contributed by atoms with E-state index in [1.807, 2.05) is 0 Å². The van der Waals surface area contributed by atoms with E-state index in [1.54, 1.807) is 0 Å². The van der Waals surface area contributed by atoms with Crippen LogP contribution in [0.1, 0.15) is 51.4 Å². The Labute approximate surface area is 104 Å². The van der Waals surface area contributed by atoms with E-state index in [0.717, 1.165) is 19.4 Å². The van der Waals surface area contributed by atoms with Gasteiger partial charge in [-0.25, -0.2) is 0 Å². The van der Waals surface area contributed by atoms with Gasteiger partial charge < -0.3 is 0 Å². The lowest BCUT2D eigenvalue weighted by atomic mass is 9.94. The summed E-state index contributed by atoms with van der Waals surface area (Å²) in [6.45, 7) is 0.865. The van der Waals surface area contributed by atoms with Gasteiger partial charge in [-0.3, -0.25) is 4.90 Å². The van der Waals surface area contributed by atoms with Crippen molar-refractivity contribution in [1.82, 2.24) is 4.90 Å². The molecule has 0 amide bonds. The second-order valence-electron chi connectivity index (χ2n) is 5.32. The minimum atomic E-state index is 0.191. The molecule has 3 heteroatoms. The first-order chi connectivity index (χ1) is 8.36. The summed E-state index contributed by atoms with van der Waals surface area (Å²) in [4.78, 5) is 2.47. The second-order valence-corrected chi connectivity index (χ2v) is 5.32. The highest BCUT2D eigenvalue weighted by molar-refractivity contribution is 4.99. The minimum absolute atomic E-state index is 0.191. The van der Waals surface area contributed by atoms with Gasteiger partial charge in [0, 0.05) is 25.0 Å². The van der Waals surface area contributed by atoms with Gasteiger partial charge in [-0.1, -0.05) is 19.3 Å². The van der Waals surface area contributed by atoms with Crippen molar-refractivity contribution in [2.24, 2.45) is 5.92 Å². The van der Waals surface area contributed by atoms with Crippen LogP contribution < -0.4 is 0 Å². The van der Waals surface area contributed by atoms with Crippen molar-refractivity contribution in [1.29, 1.82) is 10.5 Å². The number of hydrogen-bond acceptors (Lipinski definition) is 3. The van der Waals surface area contributed by atoms with Crippen LogP contribution in [0.5, 0.6) is 0 Å². The number of rotatable bonds is 4. The maximum absolute atomic E-state index is 9.32. The molecule has 2 aliphatic carbocycles. The van der Waals surface area contributed by atoms with E-state index in [9.17, 15) is 5.26 Å². The lowest BCUT2D eigenvalue weighted by Gasteiger charge is -2.33. The molecule has 0 aliphatic heterocycles. The molecule has 0 spiro atoms. The summed E-state index contributed by atoms with van der Waals surface area (Å²) >= 11 is 0. The molecule has 2 fully saturated rings. The van der Waals surface area contributed by atoms with Gasteiger partial charge in [0.15, 0.2) is 0 Å². The molecular weight excluding hydrogens is 210 g/mol. The van der Waals surface area contributed by atoms with Gasteiger partial charge in [-0.15, -0.1) is 0 Å². The molecule has 2 atom stereocenters. The Balaban J connectivity index is 2.03. The lowest BCUT2D eigenvalue weighted by Crippen LogP contribution is -2.42. The first kappa shape index (κ1) is 12.4. The smallest absolute Gasteiger partial charge is 0.0672 e. The monoisotopic (exact) mass is 231 g/mol. The van der Waals surface area contributed by atoms with Crippen molar-refractivity contribution < 1.29 is 0 Å². The Kier molecular flexibility index (Phi) is 4.40. The third-order valence-corrected chi connectivity index (χ3v) is 4.07. The zero-order valence-electron chi connectivity index (χ0n) is 10.4. The second kappa shape index (κ2) is 6.03. The van der Waals surface area contributed by atoms with Gasteiger partial charge in [-0.05, 0) is 25.7 Å². The largest absolute Gasteiger partial charge is 0.295 e. The summed E-state index contributed by atoms with van der Waals surface area (Å²) in [6.07, 6.45) is 9.05. The molecule has 0 bridgehead atoms. The zero-order valence-corrected chi connectivity index (χ0v) is 10.4. The zero-order chi connectivity index (χ0) is 12.1. The van der Waals surface area contributed by atoms with Gasteiger partial charge in [0.05, 0.1) is 18.1 Å². The van der Waals surface area contributed by atoms with Crippen molar-refractivity contribution in [3.05, 3.63) is 0 Å². The highest BCUT2D eigenvalue weighted by atomic mass is 15.2. The van der Waals surface area contributed by atoms with Crippen LogP contribution >= 0.6 is 0 Å². The van der Waals surface area contributed by atoms with E-state index < -0.39 is 0 Å². The predicted octanol–water partition coefficient (Wildman–Crippen LogP) is 2.84. The van der Waals surface area contributed by atoms with E-state index in [-0.39, 0.29) is 5.92 Å². The normalized spacial score (nSPS) is 29.4. The number of nitrogens with zero attached hydrogens (tertiary/aromatic N) is 3. The molecule has 0 aromatic rings. The molecular formula is C14H21N3. The lowest BCUT2D eigenvalue weighted by molar-refractivity contribution is 0.147. The molecule has 0 aromatic heterocycles. The van der Waals surface area contributed by atoms with Crippen LogP contribution in [0.4, 0.5) is 0 Å². The van der Waals surface area contributed by atoms with Crippen LogP contribution in [0, 0.1) is 28.6 Å². The molecule has 2 unspecified atom stereocenters. The molecule has 2 saturated carbocycles. The van der Waals surface area contributed by atoms with Crippen LogP contribution in [-0.4, -0.2) is 23.5 Å². The summed E-state index contributed by atoms with van der Waals surface area (Å²) in [5.74, 6) is 0.191. The van der Waals surface area contributed by atoms with Crippen LogP contribution in [0.3, 0.4) is 0 Å². The van der Waals surface area contributed by atoms with E-state index in [2.05, 4.69) is 17.0 Å². The average molecular weight is 231 g/mol. The van der Waals surface area contributed by atoms with Crippen LogP contribution in [-0.2, 0) is 0 Å². The summed E-state index contributed by atoms with van der Waals surface area (Å²) in [5, 5.41) is 18.1. The van der Waals surface area contributed by atoms with Crippen molar-refractivity contribution in [2.45, 2.75) is 63.5 Å². The maximum Gasteiger partial charge on any atom is 0.0672 e. The topological polar surface area (TPSA) is 50.8 Å². The minimum Gasteiger partial charge on any atom is -0.295 e. The van der Waals surface area contributed by atoms with Gasteiger partial charge in [0.2, 0.25) is 0 Å².